The first-order valence-corrected chi connectivity index (χ1v) is 30.8. The Morgan fingerprint density at radius 2 is 0.663 bits per heavy atom. The fourth-order valence-corrected chi connectivity index (χ4v) is 13.1. The Morgan fingerprint density at radius 3 is 1.26 bits per heavy atom. The van der Waals surface area contributed by atoms with Crippen molar-refractivity contribution >= 4 is 153 Å². The second-order valence-electron chi connectivity index (χ2n) is 22.5. The third-order valence-corrected chi connectivity index (χ3v) is 17.7. The summed E-state index contributed by atoms with van der Waals surface area (Å²) in [6.45, 7) is 0. The zero-order valence-electron chi connectivity index (χ0n) is 48.3. The van der Waals surface area contributed by atoms with E-state index in [4.69, 9.17) is 8.83 Å². The van der Waals surface area contributed by atoms with Crippen LogP contribution in [0.15, 0.2) is 341 Å². The second-order valence-corrected chi connectivity index (χ2v) is 23.4. The molecule has 0 amide bonds. The molecular formula is C84H55BrN2O2. The first kappa shape index (κ1) is 53.2. The van der Waals surface area contributed by atoms with Crippen LogP contribution in [0.1, 0.15) is 0 Å². The van der Waals surface area contributed by atoms with Gasteiger partial charge in [0.05, 0.1) is 17.1 Å². The standard InChI is InChI=1S/C42H27NO.C26H17NO.C16H11Br/c1-2-11-30-26-31(21-20-28(30)10-1)29-22-24-33(25-23-29)43(39-18-9-17-38-37-16-7-8-19-41(37)44-42(38)39)40-27-32-12-3-4-13-34(32)35-14-5-6-15-36(35)40;1-2-9-18-17(8-1)16-24(20-11-4-3-10-19(18)20)27-23-14-7-13-22-21-12-5-6-15-25(21)28-26(22)23;17-16-9-7-13(8-10-16)15-6-5-12-3-1-2-4-14(12)11-15/h1-27H;1-16,27H;1-11H. The van der Waals surface area contributed by atoms with Gasteiger partial charge in [-0.05, 0) is 149 Å². The first-order chi connectivity index (χ1) is 44.0. The average Bonchev–Trinajstić information content (AvgIpc) is 1.97. The van der Waals surface area contributed by atoms with Crippen molar-refractivity contribution in [1.82, 2.24) is 0 Å². The molecule has 89 heavy (non-hydrogen) atoms. The Morgan fingerprint density at radius 1 is 0.247 bits per heavy atom. The molecule has 0 bridgehead atoms. The molecule has 1 N–H and O–H groups in total. The number of hydrogen-bond donors (Lipinski definition) is 1. The van der Waals surface area contributed by atoms with E-state index in [1.165, 1.54) is 86.9 Å². The number of benzene rings is 16. The topological polar surface area (TPSA) is 41.6 Å². The van der Waals surface area contributed by atoms with Gasteiger partial charge in [-0.25, -0.2) is 0 Å². The van der Waals surface area contributed by atoms with Crippen molar-refractivity contribution < 1.29 is 8.83 Å². The van der Waals surface area contributed by atoms with Crippen LogP contribution in [0.3, 0.4) is 0 Å². The van der Waals surface area contributed by atoms with E-state index >= 15 is 0 Å². The lowest BCUT2D eigenvalue weighted by atomic mass is 9.98. The Balaban J connectivity index is 0.000000120. The molecule has 4 nitrogen and oxygen atoms in total. The molecule has 2 heterocycles. The summed E-state index contributed by atoms with van der Waals surface area (Å²) in [5.74, 6) is 0. The zero-order valence-corrected chi connectivity index (χ0v) is 49.9. The van der Waals surface area contributed by atoms with Gasteiger partial charge in [0.25, 0.3) is 0 Å². The monoisotopic (exact) mass is 1200 g/mol. The number of fused-ring (bicyclic) bond motifs is 14. The summed E-state index contributed by atoms with van der Waals surface area (Å²) in [5, 5.41) is 23.0. The molecule has 0 unspecified atom stereocenters. The number of nitrogens with one attached hydrogen (secondary N) is 1. The van der Waals surface area contributed by atoms with E-state index in [1.807, 2.05) is 30.3 Å². The molecule has 0 atom stereocenters. The van der Waals surface area contributed by atoms with Crippen molar-refractivity contribution in [3.63, 3.8) is 0 Å². The van der Waals surface area contributed by atoms with E-state index in [0.29, 0.717) is 0 Å². The second kappa shape index (κ2) is 22.9. The van der Waals surface area contributed by atoms with Gasteiger partial charge in [-0.1, -0.05) is 271 Å². The van der Waals surface area contributed by atoms with E-state index in [0.717, 1.165) is 76.8 Å². The quantitative estimate of drug-likeness (QED) is 0.162. The van der Waals surface area contributed by atoms with Crippen molar-refractivity contribution in [3.05, 3.63) is 332 Å². The Hall–Kier alpha value is -11.2. The fourth-order valence-electron chi connectivity index (χ4n) is 12.9. The molecule has 16 aromatic carbocycles. The van der Waals surface area contributed by atoms with Crippen LogP contribution >= 0.6 is 15.9 Å². The maximum atomic E-state index is 6.60. The number of hydrogen-bond acceptors (Lipinski definition) is 4. The molecule has 0 saturated heterocycles. The minimum atomic E-state index is 0.879. The molecule has 0 aliphatic heterocycles. The lowest BCUT2D eigenvalue weighted by molar-refractivity contribution is 0.669. The van der Waals surface area contributed by atoms with Gasteiger partial charge in [-0.15, -0.1) is 0 Å². The summed E-state index contributed by atoms with van der Waals surface area (Å²) >= 11 is 3.46. The van der Waals surface area contributed by atoms with Crippen molar-refractivity contribution in [1.29, 1.82) is 0 Å². The molecule has 0 aliphatic rings. The average molecular weight is 1200 g/mol. The summed E-state index contributed by atoms with van der Waals surface area (Å²) in [5.41, 5.74) is 13.7. The highest BCUT2D eigenvalue weighted by molar-refractivity contribution is 9.10. The SMILES string of the molecule is Brc1ccc(-c2ccc3ccccc3c2)cc1.c1ccc2c(c1)cc(Nc1cccc3c1oc1ccccc13)c1ccccc12.c1ccc2cc(-c3ccc(N(c4cc5ccccc5c5ccccc45)c4cccc5c4oc4ccccc45)cc3)ccc2c1. The fraction of sp³-hybridized carbons (Fsp3) is 0. The van der Waals surface area contributed by atoms with Gasteiger partial charge in [0.15, 0.2) is 11.2 Å². The van der Waals surface area contributed by atoms with E-state index in [1.54, 1.807) is 0 Å². The summed E-state index contributed by atoms with van der Waals surface area (Å²) < 4.78 is 13.9. The van der Waals surface area contributed by atoms with Crippen molar-refractivity contribution in [2.75, 3.05) is 10.2 Å². The highest BCUT2D eigenvalue weighted by Crippen LogP contribution is 2.47. The van der Waals surface area contributed by atoms with Crippen LogP contribution in [0.4, 0.5) is 28.4 Å². The lowest BCUT2D eigenvalue weighted by Gasteiger charge is -2.27. The van der Waals surface area contributed by atoms with Gasteiger partial charge in [0.2, 0.25) is 0 Å². The maximum absolute atomic E-state index is 6.60. The molecule has 0 spiro atoms. The van der Waals surface area contributed by atoms with Gasteiger partial charge in [0, 0.05) is 48.2 Å². The van der Waals surface area contributed by atoms with Crippen LogP contribution in [-0.4, -0.2) is 0 Å². The number of furan rings is 2. The molecule has 0 radical (unpaired) electrons. The van der Waals surface area contributed by atoms with Crippen LogP contribution in [0, 0.1) is 0 Å². The highest BCUT2D eigenvalue weighted by Gasteiger charge is 2.22. The molecule has 0 saturated carbocycles. The third kappa shape index (κ3) is 10.0. The minimum absolute atomic E-state index is 0.879. The highest BCUT2D eigenvalue weighted by atomic mass is 79.9. The number of rotatable bonds is 7. The van der Waals surface area contributed by atoms with E-state index < -0.39 is 0 Å². The largest absolute Gasteiger partial charge is 0.454 e. The van der Waals surface area contributed by atoms with Gasteiger partial charge < -0.3 is 19.1 Å². The zero-order chi connectivity index (χ0) is 59.2. The van der Waals surface area contributed by atoms with E-state index in [9.17, 15) is 0 Å². The molecule has 0 fully saturated rings. The molecule has 2 aromatic heterocycles. The van der Waals surface area contributed by atoms with E-state index in [-0.39, 0.29) is 0 Å². The minimum Gasteiger partial charge on any atom is -0.454 e. The summed E-state index contributed by atoms with van der Waals surface area (Å²) in [7, 11) is 0. The van der Waals surface area contributed by atoms with E-state index in [2.05, 4.69) is 323 Å². The van der Waals surface area contributed by atoms with Gasteiger partial charge >= 0.3 is 0 Å². The van der Waals surface area contributed by atoms with Crippen LogP contribution in [0.25, 0.3) is 131 Å². The molecule has 18 rings (SSSR count). The van der Waals surface area contributed by atoms with Gasteiger partial charge in [-0.2, -0.15) is 0 Å². The number of para-hydroxylation sites is 4. The maximum Gasteiger partial charge on any atom is 0.159 e. The smallest absolute Gasteiger partial charge is 0.159 e. The predicted octanol–water partition coefficient (Wildman–Crippen LogP) is 25.1. The van der Waals surface area contributed by atoms with Gasteiger partial charge in [-0.3, -0.25) is 0 Å². The normalized spacial score (nSPS) is 11.4. The van der Waals surface area contributed by atoms with Crippen molar-refractivity contribution in [2.45, 2.75) is 0 Å². The summed E-state index contributed by atoms with van der Waals surface area (Å²) in [6, 6.07) is 116. The molecule has 5 heteroatoms. The Bertz CT molecular complexity index is 5690. The van der Waals surface area contributed by atoms with Crippen molar-refractivity contribution in [2.24, 2.45) is 0 Å². The third-order valence-electron chi connectivity index (χ3n) is 17.2. The lowest BCUT2D eigenvalue weighted by Crippen LogP contribution is -2.11. The Kier molecular flexibility index (Phi) is 13.7. The van der Waals surface area contributed by atoms with Crippen LogP contribution in [0.2, 0.25) is 0 Å². The van der Waals surface area contributed by atoms with Crippen LogP contribution < -0.4 is 10.2 Å². The number of nitrogens with zero attached hydrogens (tertiary/aromatic N) is 1. The van der Waals surface area contributed by atoms with Gasteiger partial charge in [0.1, 0.15) is 11.2 Å². The van der Waals surface area contributed by atoms with Crippen molar-refractivity contribution in [3.8, 4) is 22.3 Å². The molecular weight excluding hydrogens is 1150 g/mol. The number of anilines is 5. The Labute approximate surface area is 522 Å². The summed E-state index contributed by atoms with van der Waals surface area (Å²) in [6.07, 6.45) is 0. The molecule has 18 aromatic rings. The number of halogens is 1. The molecule has 420 valence electrons. The molecule has 0 aliphatic carbocycles. The summed E-state index contributed by atoms with van der Waals surface area (Å²) in [4.78, 5) is 2.36. The van der Waals surface area contributed by atoms with Crippen LogP contribution in [-0.2, 0) is 0 Å². The predicted molar refractivity (Wildman–Crippen MR) is 382 cm³/mol. The first-order valence-electron chi connectivity index (χ1n) is 30.1. The van der Waals surface area contributed by atoms with Crippen LogP contribution in [0.5, 0.6) is 0 Å².